The Kier molecular flexibility index (Phi) is 10.3. The van der Waals surface area contributed by atoms with E-state index in [0.29, 0.717) is 31.5 Å². The number of carboxylic acid groups (broad SMARTS) is 1. The zero-order valence-corrected chi connectivity index (χ0v) is 34.3. The fraction of sp³-hybridized carbons (Fsp3) is 0.767. The van der Waals surface area contributed by atoms with E-state index in [4.69, 9.17) is 0 Å². The Morgan fingerprint density at radius 1 is 0.909 bits per heavy atom. The van der Waals surface area contributed by atoms with E-state index < -0.39 is 33.9 Å². The van der Waals surface area contributed by atoms with Gasteiger partial charge in [0.05, 0.1) is 17.1 Å². The summed E-state index contributed by atoms with van der Waals surface area (Å²) in [5, 5.41) is 15.9. The predicted octanol–water partition coefficient (Wildman–Crippen LogP) is 7.60. The standard InChI is InChI=1S/C43H62F3N3O5S/c1-27(48-37(52)43(44,45)46)30-13-18-42(47-21-22-49-23-25-55(53,54)26-24-49)20-19-40(5)32(35(30)42)11-12-34-39(4)16-14-31(28-7-9-29(10-8-28)36(50)51)38(2,3)33(39)15-17-41(34,40)6/h7-10,14,27,30,32-35,47H,11-13,15-26H2,1-6H3,(H,48,52)(H,50,51)/t27?,30-,32+,33-,34+,35+,39-,40+,41+,42-/m0/s1. The number of sulfone groups is 1. The number of carboxylic acids is 1. The summed E-state index contributed by atoms with van der Waals surface area (Å²) in [5.74, 6) is -1.26. The first-order valence-electron chi connectivity index (χ1n) is 20.7. The van der Waals surface area contributed by atoms with Crippen LogP contribution in [0.25, 0.3) is 5.57 Å². The number of halogens is 3. The van der Waals surface area contributed by atoms with Gasteiger partial charge in [0.25, 0.3) is 0 Å². The van der Waals surface area contributed by atoms with Crippen LogP contribution in [0.15, 0.2) is 30.3 Å². The van der Waals surface area contributed by atoms with Crippen LogP contribution in [0.2, 0.25) is 0 Å². The lowest BCUT2D eigenvalue weighted by atomic mass is 9.33. The summed E-state index contributed by atoms with van der Waals surface area (Å²) in [5.41, 5.74) is 2.31. The minimum atomic E-state index is -4.94. The monoisotopic (exact) mass is 789 g/mol. The van der Waals surface area contributed by atoms with Gasteiger partial charge in [-0.3, -0.25) is 4.79 Å². The van der Waals surface area contributed by atoms with Crippen LogP contribution in [0.5, 0.6) is 0 Å². The second kappa shape index (κ2) is 13.8. The summed E-state index contributed by atoms with van der Waals surface area (Å²) in [6, 6.07) is 6.69. The highest BCUT2D eigenvalue weighted by Gasteiger charge is 2.70. The first kappa shape index (κ1) is 40.7. The van der Waals surface area contributed by atoms with E-state index in [-0.39, 0.29) is 62.0 Å². The molecule has 0 spiro atoms. The van der Waals surface area contributed by atoms with Crippen LogP contribution in [-0.2, 0) is 14.6 Å². The van der Waals surface area contributed by atoms with Crippen molar-refractivity contribution in [2.45, 2.75) is 117 Å². The van der Waals surface area contributed by atoms with Gasteiger partial charge in [-0.15, -0.1) is 0 Å². The number of hydrogen-bond donors (Lipinski definition) is 3. The maximum absolute atomic E-state index is 13.6. The number of benzene rings is 1. The second-order valence-corrected chi connectivity index (χ2v) is 22.0. The molecule has 1 heterocycles. The molecule has 1 aromatic rings. The van der Waals surface area contributed by atoms with Gasteiger partial charge >= 0.3 is 18.1 Å². The Balaban J connectivity index is 1.17. The van der Waals surface area contributed by atoms with E-state index >= 15 is 0 Å². The topological polar surface area (TPSA) is 116 Å². The molecule has 1 amide bonds. The number of rotatable bonds is 8. The normalized spacial score (nSPS) is 40.1. The molecule has 1 unspecified atom stereocenters. The lowest BCUT2D eigenvalue weighted by molar-refractivity contribution is -0.221. The van der Waals surface area contributed by atoms with Crippen molar-refractivity contribution in [3.05, 3.63) is 41.5 Å². The molecule has 5 fully saturated rings. The first-order valence-corrected chi connectivity index (χ1v) is 22.5. The third-order valence-electron chi connectivity index (χ3n) is 17.1. The molecule has 4 saturated carbocycles. The fourth-order valence-corrected chi connectivity index (χ4v) is 15.5. The molecule has 3 N–H and O–H groups in total. The number of fused-ring (bicyclic) bond motifs is 7. The van der Waals surface area contributed by atoms with Crippen LogP contribution in [0, 0.1) is 51.2 Å². The quantitative estimate of drug-likeness (QED) is 0.249. The molecule has 12 heteroatoms. The number of allylic oxidation sites excluding steroid dienone is 2. The van der Waals surface area contributed by atoms with Crippen molar-refractivity contribution in [2.75, 3.05) is 37.7 Å². The number of amides is 1. The minimum absolute atomic E-state index is 0.0166. The average Bonchev–Trinajstić information content (AvgIpc) is 3.48. The molecule has 10 atom stereocenters. The molecule has 1 aromatic carbocycles. The number of carbonyl (C=O) groups is 2. The lowest BCUT2D eigenvalue weighted by Gasteiger charge is -2.72. The number of hydrogen-bond acceptors (Lipinski definition) is 6. The molecule has 1 saturated heterocycles. The van der Waals surface area contributed by atoms with Crippen LogP contribution < -0.4 is 10.6 Å². The van der Waals surface area contributed by atoms with Gasteiger partial charge < -0.3 is 20.6 Å². The van der Waals surface area contributed by atoms with Crippen molar-refractivity contribution in [1.82, 2.24) is 15.5 Å². The molecule has 6 aliphatic rings. The Bertz CT molecular complexity index is 1800. The molecule has 55 heavy (non-hydrogen) atoms. The fourth-order valence-electron chi connectivity index (χ4n) is 14.2. The largest absolute Gasteiger partial charge is 0.478 e. The summed E-state index contributed by atoms with van der Waals surface area (Å²) in [6.07, 6.45) is 6.22. The van der Waals surface area contributed by atoms with Crippen molar-refractivity contribution in [1.29, 1.82) is 0 Å². The van der Waals surface area contributed by atoms with Crippen molar-refractivity contribution in [3.63, 3.8) is 0 Å². The van der Waals surface area contributed by atoms with Crippen molar-refractivity contribution in [2.24, 2.45) is 51.2 Å². The van der Waals surface area contributed by atoms with Gasteiger partial charge in [0, 0.05) is 37.8 Å². The van der Waals surface area contributed by atoms with Crippen LogP contribution in [-0.4, -0.2) is 85.7 Å². The second-order valence-electron chi connectivity index (χ2n) is 19.7. The molecular formula is C43H62F3N3O5S. The Morgan fingerprint density at radius 2 is 1.58 bits per heavy atom. The van der Waals surface area contributed by atoms with Gasteiger partial charge in [0.1, 0.15) is 0 Å². The zero-order chi connectivity index (χ0) is 40.0. The van der Waals surface area contributed by atoms with Crippen molar-refractivity contribution >= 4 is 27.3 Å². The number of carbonyl (C=O) groups excluding carboxylic acids is 1. The molecule has 5 aliphatic carbocycles. The van der Waals surface area contributed by atoms with E-state index in [1.807, 2.05) is 12.1 Å². The summed E-state index contributed by atoms with van der Waals surface area (Å²) in [7, 11) is -2.99. The van der Waals surface area contributed by atoms with Crippen LogP contribution in [0.1, 0.15) is 115 Å². The van der Waals surface area contributed by atoms with Gasteiger partial charge in [-0.25, -0.2) is 13.2 Å². The van der Waals surface area contributed by atoms with Gasteiger partial charge in [-0.1, -0.05) is 52.8 Å². The smallest absolute Gasteiger partial charge is 0.471 e. The maximum atomic E-state index is 13.6. The Morgan fingerprint density at radius 3 is 2.22 bits per heavy atom. The molecular weight excluding hydrogens is 728 g/mol. The Labute approximate surface area is 325 Å². The van der Waals surface area contributed by atoms with E-state index in [0.717, 1.165) is 69.9 Å². The average molecular weight is 790 g/mol. The first-order chi connectivity index (χ1) is 25.6. The van der Waals surface area contributed by atoms with Crippen LogP contribution in [0.4, 0.5) is 13.2 Å². The van der Waals surface area contributed by atoms with Crippen LogP contribution in [0.3, 0.4) is 0 Å². The number of nitrogens with one attached hydrogen (secondary N) is 2. The van der Waals surface area contributed by atoms with Crippen molar-refractivity contribution in [3.8, 4) is 0 Å². The van der Waals surface area contributed by atoms with E-state index in [9.17, 15) is 36.3 Å². The summed E-state index contributed by atoms with van der Waals surface area (Å²) in [4.78, 5) is 26.1. The zero-order valence-electron chi connectivity index (χ0n) is 33.5. The number of nitrogens with zero attached hydrogens (tertiary/aromatic N) is 1. The Hall–Kier alpha value is -2.44. The van der Waals surface area contributed by atoms with E-state index in [1.54, 1.807) is 19.1 Å². The molecule has 8 nitrogen and oxygen atoms in total. The van der Waals surface area contributed by atoms with Gasteiger partial charge in [-0.2, -0.15) is 13.2 Å². The predicted molar refractivity (Wildman–Crippen MR) is 208 cm³/mol. The molecule has 0 bridgehead atoms. The van der Waals surface area contributed by atoms with E-state index in [1.165, 1.54) is 5.57 Å². The molecule has 1 aliphatic heterocycles. The van der Waals surface area contributed by atoms with Gasteiger partial charge in [0.15, 0.2) is 9.84 Å². The minimum Gasteiger partial charge on any atom is -0.478 e. The highest BCUT2D eigenvalue weighted by Crippen LogP contribution is 2.76. The molecule has 7 rings (SSSR count). The summed E-state index contributed by atoms with van der Waals surface area (Å²) < 4.78 is 64.8. The third-order valence-corrected chi connectivity index (χ3v) is 18.7. The lowest BCUT2D eigenvalue weighted by Crippen LogP contribution is -2.68. The highest BCUT2D eigenvalue weighted by molar-refractivity contribution is 7.91. The van der Waals surface area contributed by atoms with Gasteiger partial charge in [-0.05, 0) is 139 Å². The van der Waals surface area contributed by atoms with Gasteiger partial charge in [0.2, 0.25) is 0 Å². The number of aromatic carboxylic acids is 1. The molecule has 306 valence electrons. The summed E-state index contributed by atoms with van der Waals surface area (Å²) in [6.45, 7) is 16.5. The van der Waals surface area contributed by atoms with E-state index in [2.05, 4.69) is 56.2 Å². The van der Waals surface area contributed by atoms with Crippen LogP contribution >= 0.6 is 0 Å². The number of alkyl halides is 3. The molecule has 0 aromatic heterocycles. The summed E-state index contributed by atoms with van der Waals surface area (Å²) >= 11 is 0. The third kappa shape index (κ3) is 6.69. The molecule has 0 radical (unpaired) electrons. The van der Waals surface area contributed by atoms with Crippen molar-refractivity contribution < 1.29 is 36.3 Å². The maximum Gasteiger partial charge on any atom is 0.471 e. The highest BCUT2D eigenvalue weighted by atomic mass is 32.2. The SMILES string of the molecule is CC(NC(=O)C(F)(F)F)[C@@H]1CC[C@]2(NCCN3CCS(=O)(=O)CC3)CC[C@]3(C)[C@H](CC[C@@H]4[C@@]5(C)CC=C(c6ccc(C(=O)O)cc6)C(C)(C)[C@@H]5CC[C@]43C)[C@@H]12.